The first-order chi connectivity index (χ1) is 8.65. The van der Waals surface area contributed by atoms with Gasteiger partial charge in [-0.3, -0.25) is 0 Å². The van der Waals surface area contributed by atoms with Crippen LogP contribution in [-0.2, 0) is 0 Å². The molecule has 0 radical (unpaired) electrons. The molecule has 92 valence electrons. The van der Waals surface area contributed by atoms with Crippen LogP contribution in [0.2, 0.25) is 0 Å². The van der Waals surface area contributed by atoms with Gasteiger partial charge in [-0.1, -0.05) is 13.8 Å². The molecule has 0 spiro atoms. The Labute approximate surface area is 104 Å². The maximum absolute atomic E-state index is 5.63. The zero-order valence-corrected chi connectivity index (χ0v) is 10.3. The zero-order valence-electron chi connectivity index (χ0n) is 10.3. The maximum atomic E-state index is 5.63. The van der Waals surface area contributed by atoms with Crippen LogP contribution in [0.25, 0.3) is 11.3 Å². The van der Waals surface area contributed by atoms with Crippen molar-refractivity contribution in [2.45, 2.75) is 19.8 Å². The van der Waals surface area contributed by atoms with Crippen molar-refractivity contribution < 1.29 is 0 Å². The van der Waals surface area contributed by atoms with Gasteiger partial charge in [0.25, 0.3) is 0 Å². The highest BCUT2D eigenvalue weighted by atomic mass is 15.3. The van der Waals surface area contributed by atoms with Crippen molar-refractivity contribution in [3.63, 3.8) is 0 Å². The van der Waals surface area contributed by atoms with Crippen molar-refractivity contribution in [1.29, 1.82) is 0 Å². The summed E-state index contributed by atoms with van der Waals surface area (Å²) >= 11 is 0. The van der Waals surface area contributed by atoms with Gasteiger partial charge in [-0.15, -0.1) is 5.10 Å². The predicted octanol–water partition coefficient (Wildman–Crippen LogP) is 1.62. The quantitative estimate of drug-likeness (QED) is 0.741. The molecule has 0 saturated heterocycles. The number of nitrogens with zero attached hydrogens (tertiary/aromatic N) is 5. The summed E-state index contributed by atoms with van der Waals surface area (Å²) in [7, 11) is 0. The number of nitrogen functional groups attached to an aromatic ring is 1. The SMILES string of the molecule is CC(C)c1cc2c(-n3ccc(N)n3)nccn2n1. The monoisotopic (exact) mass is 242 g/mol. The first kappa shape index (κ1) is 10.8. The molecule has 0 unspecified atom stereocenters. The van der Waals surface area contributed by atoms with Crippen molar-refractivity contribution in [2.24, 2.45) is 0 Å². The lowest BCUT2D eigenvalue weighted by Gasteiger charge is -2.01. The zero-order chi connectivity index (χ0) is 12.7. The van der Waals surface area contributed by atoms with E-state index in [9.17, 15) is 0 Å². The van der Waals surface area contributed by atoms with Gasteiger partial charge in [-0.2, -0.15) is 5.10 Å². The van der Waals surface area contributed by atoms with E-state index in [1.807, 2.05) is 16.8 Å². The lowest BCUT2D eigenvalue weighted by Crippen LogP contribution is -2.02. The average Bonchev–Trinajstić information content (AvgIpc) is 2.94. The molecule has 0 aliphatic rings. The van der Waals surface area contributed by atoms with Gasteiger partial charge < -0.3 is 5.73 Å². The van der Waals surface area contributed by atoms with Crippen LogP contribution in [0.4, 0.5) is 5.82 Å². The highest BCUT2D eigenvalue weighted by molar-refractivity contribution is 5.61. The van der Waals surface area contributed by atoms with Crippen LogP contribution >= 0.6 is 0 Å². The van der Waals surface area contributed by atoms with E-state index in [1.165, 1.54) is 0 Å². The molecule has 6 nitrogen and oxygen atoms in total. The third-order valence-corrected chi connectivity index (χ3v) is 2.81. The lowest BCUT2D eigenvalue weighted by atomic mass is 10.1. The number of hydrogen-bond acceptors (Lipinski definition) is 4. The van der Waals surface area contributed by atoms with Crippen molar-refractivity contribution in [1.82, 2.24) is 24.4 Å². The Hall–Kier alpha value is -2.37. The second-order valence-corrected chi connectivity index (χ2v) is 4.49. The van der Waals surface area contributed by atoms with Crippen LogP contribution < -0.4 is 5.73 Å². The first-order valence-corrected chi connectivity index (χ1v) is 5.81. The molecule has 3 heterocycles. The molecule has 0 aliphatic carbocycles. The average molecular weight is 242 g/mol. The van der Waals surface area contributed by atoms with Crippen molar-refractivity contribution >= 4 is 11.3 Å². The smallest absolute Gasteiger partial charge is 0.179 e. The molecular formula is C12H14N6. The summed E-state index contributed by atoms with van der Waals surface area (Å²) in [6, 6.07) is 3.77. The first-order valence-electron chi connectivity index (χ1n) is 5.81. The van der Waals surface area contributed by atoms with E-state index in [1.54, 1.807) is 23.1 Å². The fourth-order valence-electron chi connectivity index (χ4n) is 1.84. The van der Waals surface area contributed by atoms with Crippen molar-refractivity contribution in [3.8, 4) is 5.82 Å². The van der Waals surface area contributed by atoms with E-state index in [4.69, 9.17) is 5.73 Å². The highest BCUT2D eigenvalue weighted by Crippen LogP contribution is 2.19. The summed E-state index contributed by atoms with van der Waals surface area (Å²) in [5.74, 6) is 1.58. The second kappa shape index (κ2) is 3.83. The van der Waals surface area contributed by atoms with Gasteiger partial charge >= 0.3 is 0 Å². The van der Waals surface area contributed by atoms with Gasteiger partial charge in [-0.25, -0.2) is 14.2 Å². The minimum absolute atomic E-state index is 0.375. The van der Waals surface area contributed by atoms with Gasteiger partial charge in [0, 0.05) is 24.7 Å². The van der Waals surface area contributed by atoms with E-state index >= 15 is 0 Å². The highest BCUT2D eigenvalue weighted by Gasteiger charge is 2.11. The van der Waals surface area contributed by atoms with Crippen LogP contribution in [0.15, 0.2) is 30.7 Å². The number of fused-ring (bicyclic) bond motifs is 1. The molecule has 0 atom stereocenters. The number of rotatable bonds is 2. The van der Waals surface area contributed by atoms with Gasteiger partial charge in [0.05, 0.1) is 5.69 Å². The van der Waals surface area contributed by atoms with Crippen LogP contribution in [0.5, 0.6) is 0 Å². The Morgan fingerprint density at radius 3 is 2.72 bits per heavy atom. The molecule has 0 aliphatic heterocycles. The minimum Gasteiger partial charge on any atom is -0.382 e. The second-order valence-electron chi connectivity index (χ2n) is 4.49. The molecule has 0 fully saturated rings. The molecule has 0 saturated carbocycles. The molecule has 0 amide bonds. The normalized spacial score (nSPS) is 11.5. The summed E-state index contributed by atoms with van der Waals surface area (Å²) in [6.45, 7) is 4.22. The Balaban J connectivity index is 2.23. The number of nitrogens with two attached hydrogens (primary N) is 1. The summed E-state index contributed by atoms with van der Waals surface area (Å²) in [5, 5.41) is 8.69. The number of aromatic nitrogens is 5. The maximum Gasteiger partial charge on any atom is 0.179 e. The fraction of sp³-hybridized carbons (Fsp3) is 0.250. The Morgan fingerprint density at radius 1 is 1.22 bits per heavy atom. The largest absolute Gasteiger partial charge is 0.382 e. The van der Waals surface area contributed by atoms with Gasteiger partial charge in [0.15, 0.2) is 5.82 Å². The molecule has 3 aromatic rings. The van der Waals surface area contributed by atoms with Gasteiger partial charge in [-0.05, 0) is 12.0 Å². The summed E-state index contributed by atoms with van der Waals surface area (Å²) in [5.41, 5.74) is 7.58. The molecule has 18 heavy (non-hydrogen) atoms. The Bertz CT molecular complexity index is 693. The molecular weight excluding hydrogens is 228 g/mol. The van der Waals surface area contributed by atoms with Crippen LogP contribution in [0.1, 0.15) is 25.5 Å². The van der Waals surface area contributed by atoms with E-state index in [0.717, 1.165) is 17.0 Å². The molecule has 6 heteroatoms. The summed E-state index contributed by atoms with van der Waals surface area (Å²) < 4.78 is 3.48. The lowest BCUT2D eigenvalue weighted by molar-refractivity contribution is 0.781. The predicted molar refractivity (Wildman–Crippen MR) is 68.6 cm³/mol. The topological polar surface area (TPSA) is 74.0 Å². The van der Waals surface area contributed by atoms with Gasteiger partial charge in [0.1, 0.15) is 11.3 Å². The standard InChI is InChI=1S/C12H14N6/c1-8(2)9-7-10-12(14-4-6-17(10)15-9)18-5-3-11(13)16-18/h3-8H,1-2H3,(H2,13,16). The molecule has 2 N–H and O–H groups in total. The number of anilines is 1. The van der Waals surface area contributed by atoms with E-state index in [0.29, 0.717) is 11.7 Å². The number of hydrogen-bond donors (Lipinski definition) is 1. The van der Waals surface area contributed by atoms with Crippen LogP contribution in [-0.4, -0.2) is 24.4 Å². The molecule has 0 aromatic carbocycles. The third-order valence-electron chi connectivity index (χ3n) is 2.81. The minimum atomic E-state index is 0.375. The summed E-state index contributed by atoms with van der Waals surface area (Å²) in [6.07, 6.45) is 5.33. The molecule has 0 bridgehead atoms. The van der Waals surface area contributed by atoms with Crippen LogP contribution in [0.3, 0.4) is 0 Å². The van der Waals surface area contributed by atoms with Gasteiger partial charge in [0.2, 0.25) is 0 Å². The van der Waals surface area contributed by atoms with E-state index < -0.39 is 0 Å². The summed E-state index contributed by atoms with van der Waals surface area (Å²) in [4.78, 5) is 4.35. The van der Waals surface area contributed by atoms with Crippen LogP contribution in [0, 0.1) is 0 Å². The van der Waals surface area contributed by atoms with E-state index in [-0.39, 0.29) is 0 Å². The molecule has 3 rings (SSSR count). The Kier molecular flexibility index (Phi) is 2.29. The van der Waals surface area contributed by atoms with Crippen molar-refractivity contribution in [3.05, 3.63) is 36.4 Å². The fourth-order valence-corrected chi connectivity index (χ4v) is 1.84. The molecule has 3 aromatic heterocycles. The Morgan fingerprint density at radius 2 is 2.06 bits per heavy atom. The van der Waals surface area contributed by atoms with Crippen molar-refractivity contribution in [2.75, 3.05) is 5.73 Å². The third kappa shape index (κ3) is 1.62. The van der Waals surface area contributed by atoms with E-state index in [2.05, 4.69) is 29.0 Å².